The third kappa shape index (κ3) is 3.46. The van der Waals surface area contributed by atoms with Gasteiger partial charge in [-0.2, -0.15) is 0 Å². The first-order valence-electron chi connectivity index (χ1n) is 11.6. The van der Waals surface area contributed by atoms with Crippen LogP contribution in [0, 0.1) is 0 Å². The maximum Gasteiger partial charge on any atom is 0.257 e. The number of aromatic amines is 1. The van der Waals surface area contributed by atoms with Crippen molar-refractivity contribution in [1.82, 2.24) is 19.7 Å². The minimum absolute atomic E-state index is 0.0894. The van der Waals surface area contributed by atoms with E-state index in [0.29, 0.717) is 33.1 Å². The van der Waals surface area contributed by atoms with Crippen LogP contribution in [0.4, 0.5) is 5.69 Å². The quantitative estimate of drug-likeness (QED) is 0.383. The molecule has 2 aromatic heterocycles. The predicted molar refractivity (Wildman–Crippen MR) is 133 cm³/mol. The molecule has 3 aromatic carbocycles. The maximum absolute atomic E-state index is 13.3. The molecule has 0 saturated heterocycles. The van der Waals surface area contributed by atoms with Gasteiger partial charge in [0, 0.05) is 40.5 Å². The van der Waals surface area contributed by atoms with Crippen molar-refractivity contribution in [2.45, 2.75) is 32.2 Å². The van der Waals surface area contributed by atoms with E-state index in [2.05, 4.69) is 25.1 Å². The predicted octanol–water partition coefficient (Wildman–Crippen LogP) is 4.92. The summed E-state index contributed by atoms with van der Waals surface area (Å²) in [5.74, 6) is 1.57. The van der Waals surface area contributed by atoms with E-state index in [-0.39, 0.29) is 11.3 Å². The molecule has 0 bridgehead atoms. The molecule has 0 aliphatic carbocycles. The summed E-state index contributed by atoms with van der Waals surface area (Å²) >= 11 is 0. The van der Waals surface area contributed by atoms with E-state index in [9.17, 15) is 9.59 Å². The smallest absolute Gasteiger partial charge is 0.257 e. The van der Waals surface area contributed by atoms with Gasteiger partial charge in [-0.3, -0.25) is 9.59 Å². The van der Waals surface area contributed by atoms with Crippen molar-refractivity contribution in [3.8, 4) is 11.4 Å². The molecule has 6 rings (SSSR count). The minimum atomic E-state index is -0.284. The minimum Gasteiger partial charge on any atom is -0.354 e. The number of nitrogens with one attached hydrogen (secondary N) is 2. The zero-order chi connectivity index (χ0) is 23.1. The Morgan fingerprint density at radius 1 is 0.912 bits per heavy atom. The molecule has 0 unspecified atom stereocenters. The second kappa shape index (κ2) is 8.26. The number of anilines is 1. The van der Waals surface area contributed by atoms with Crippen LogP contribution in [0.2, 0.25) is 0 Å². The van der Waals surface area contributed by atoms with Crippen LogP contribution in [0.15, 0.2) is 71.5 Å². The van der Waals surface area contributed by atoms with Gasteiger partial charge in [-0.15, -0.1) is 10.2 Å². The highest BCUT2D eigenvalue weighted by atomic mass is 16.1. The number of aromatic nitrogens is 4. The highest BCUT2D eigenvalue weighted by molar-refractivity contribution is 6.13. The van der Waals surface area contributed by atoms with Gasteiger partial charge in [-0.1, -0.05) is 36.8 Å². The Morgan fingerprint density at radius 3 is 2.71 bits per heavy atom. The van der Waals surface area contributed by atoms with Crippen LogP contribution in [0.1, 0.15) is 35.4 Å². The molecule has 1 aliphatic rings. The van der Waals surface area contributed by atoms with Gasteiger partial charge in [0.1, 0.15) is 5.82 Å². The van der Waals surface area contributed by atoms with Gasteiger partial charge in [-0.25, -0.2) is 0 Å². The molecule has 2 N–H and O–H groups in total. The fourth-order valence-electron chi connectivity index (χ4n) is 4.77. The zero-order valence-corrected chi connectivity index (χ0v) is 18.5. The Balaban J connectivity index is 1.36. The van der Waals surface area contributed by atoms with Crippen LogP contribution in [0.5, 0.6) is 0 Å². The molecule has 0 fully saturated rings. The molecule has 0 saturated carbocycles. The summed E-state index contributed by atoms with van der Waals surface area (Å²) in [6, 6.07) is 20.2. The van der Waals surface area contributed by atoms with Crippen molar-refractivity contribution in [1.29, 1.82) is 0 Å². The lowest BCUT2D eigenvalue weighted by Gasteiger charge is -2.11. The van der Waals surface area contributed by atoms with Gasteiger partial charge in [0.05, 0.1) is 11.1 Å². The van der Waals surface area contributed by atoms with Crippen LogP contribution in [-0.4, -0.2) is 25.7 Å². The van der Waals surface area contributed by atoms with Gasteiger partial charge in [-0.05, 0) is 49.2 Å². The van der Waals surface area contributed by atoms with E-state index in [1.807, 2.05) is 42.5 Å². The molecule has 0 spiro atoms. The third-order valence-corrected chi connectivity index (χ3v) is 6.47. The van der Waals surface area contributed by atoms with Crippen molar-refractivity contribution in [3.05, 3.63) is 88.3 Å². The van der Waals surface area contributed by atoms with Crippen LogP contribution in [0.3, 0.4) is 0 Å². The first-order valence-corrected chi connectivity index (χ1v) is 11.6. The summed E-state index contributed by atoms with van der Waals surface area (Å²) in [6.07, 6.45) is 4.39. The van der Waals surface area contributed by atoms with E-state index < -0.39 is 0 Å². The summed E-state index contributed by atoms with van der Waals surface area (Å²) < 4.78 is 2.19. The summed E-state index contributed by atoms with van der Waals surface area (Å²) in [7, 11) is 0. The van der Waals surface area contributed by atoms with Gasteiger partial charge in [0.2, 0.25) is 0 Å². The molecule has 1 amide bonds. The van der Waals surface area contributed by atoms with Crippen LogP contribution >= 0.6 is 0 Å². The average Bonchev–Trinajstić information content (AvgIpc) is 3.12. The molecule has 1 aliphatic heterocycles. The Morgan fingerprint density at radius 2 is 1.76 bits per heavy atom. The first kappa shape index (κ1) is 20.4. The fourth-order valence-corrected chi connectivity index (χ4v) is 4.77. The lowest BCUT2D eigenvalue weighted by molar-refractivity contribution is 0.102. The van der Waals surface area contributed by atoms with Gasteiger partial charge < -0.3 is 14.9 Å². The number of fused-ring (bicyclic) bond motifs is 3. The molecular formula is C27H23N5O2. The van der Waals surface area contributed by atoms with Gasteiger partial charge in [0.25, 0.3) is 5.91 Å². The highest BCUT2D eigenvalue weighted by Crippen LogP contribution is 2.26. The molecule has 7 nitrogen and oxygen atoms in total. The zero-order valence-electron chi connectivity index (χ0n) is 18.5. The molecule has 34 heavy (non-hydrogen) atoms. The SMILES string of the molecule is O=C(Nc1cccc(-c2nnc3n2CCCCC3)c1)c1cccc2c(=O)c3ccccc3[nH]c12. The Bertz CT molecular complexity index is 1620. The molecule has 168 valence electrons. The van der Waals surface area contributed by atoms with E-state index in [0.717, 1.165) is 43.0 Å². The number of pyridine rings is 1. The number of nitrogens with zero attached hydrogens (tertiary/aromatic N) is 3. The van der Waals surface area contributed by atoms with Crippen molar-refractivity contribution in [2.75, 3.05) is 5.32 Å². The average molecular weight is 450 g/mol. The van der Waals surface area contributed by atoms with Crippen molar-refractivity contribution < 1.29 is 4.79 Å². The van der Waals surface area contributed by atoms with Crippen LogP contribution in [0.25, 0.3) is 33.2 Å². The molecule has 0 radical (unpaired) electrons. The standard InChI is InChI=1S/C27H23N5O2/c33-25-19-10-3-4-13-22(19)29-24-20(25)11-7-12-21(24)27(34)28-18-9-6-8-17(16-18)26-31-30-23-14-2-1-5-15-32(23)26/h3-4,6-13,16H,1-2,5,14-15H2,(H,28,34)(H,29,33). The van der Waals surface area contributed by atoms with E-state index in [4.69, 9.17) is 0 Å². The number of rotatable bonds is 3. The number of H-pyrrole nitrogens is 1. The molecule has 7 heteroatoms. The molecule has 0 atom stereocenters. The van der Waals surface area contributed by atoms with Crippen molar-refractivity contribution >= 4 is 33.4 Å². The second-order valence-electron chi connectivity index (χ2n) is 8.66. The Labute approximate surface area is 195 Å². The molecule has 3 heterocycles. The second-order valence-corrected chi connectivity index (χ2v) is 8.66. The van der Waals surface area contributed by atoms with Gasteiger partial charge in [0.15, 0.2) is 11.3 Å². The summed E-state index contributed by atoms with van der Waals surface area (Å²) in [4.78, 5) is 29.5. The van der Waals surface area contributed by atoms with Crippen LogP contribution in [-0.2, 0) is 13.0 Å². The fraction of sp³-hybridized carbons (Fsp3) is 0.185. The monoisotopic (exact) mass is 449 g/mol. The number of para-hydroxylation sites is 2. The number of aryl methyl sites for hydroxylation is 1. The van der Waals surface area contributed by atoms with E-state index >= 15 is 0 Å². The number of amides is 1. The highest BCUT2D eigenvalue weighted by Gasteiger charge is 2.18. The van der Waals surface area contributed by atoms with Crippen LogP contribution < -0.4 is 10.7 Å². The largest absolute Gasteiger partial charge is 0.354 e. The third-order valence-electron chi connectivity index (χ3n) is 6.47. The number of hydrogen-bond acceptors (Lipinski definition) is 4. The van der Waals surface area contributed by atoms with Gasteiger partial charge >= 0.3 is 0 Å². The summed E-state index contributed by atoms with van der Waals surface area (Å²) in [6.45, 7) is 0.908. The van der Waals surface area contributed by atoms with Crippen molar-refractivity contribution in [3.63, 3.8) is 0 Å². The normalized spacial score (nSPS) is 13.5. The lowest BCUT2D eigenvalue weighted by Crippen LogP contribution is -2.15. The molecular weight excluding hydrogens is 426 g/mol. The number of carbonyl (C=O) groups excluding carboxylic acids is 1. The lowest BCUT2D eigenvalue weighted by atomic mass is 10.1. The summed E-state index contributed by atoms with van der Waals surface area (Å²) in [5.41, 5.74) is 3.14. The number of benzene rings is 3. The Kier molecular flexibility index (Phi) is 4.95. The maximum atomic E-state index is 13.3. The first-order chi connectivity index (χ1) is 16.7. The Hall–Kier alpha value is -4.26. The summed E-state index contributed by atoms with van der Waals surface area (Å²) in [5, 5.41) is 12.9. The molecule has 5 aromatic rings. The topological polar surface area (TPSA) is 92.7 Å². The van der Waals surface area contributed by atoms with E-state index in [1.165, 1.54) is 6.42 Å². The number of carbonyl (C=O) groups is 1. The number of hydrogen-bond donors (Lipinski definition) is 2. The van der Waals surface area contributed by atoms with Crippen molar-refractivity contribution in [2.24, 2.45) is 0 Å². The van der Waals surface area contributed by atoms with E-state index in [1.54, 1.807) is 24.3 Å².